The zero-order valence-corrected chi connectivity index (χ0v) is 13.8. The third-order valence-corrected chi connectivity index (χ3v) is 6.18. The minimum atomic E-state index is -1.10. The average molecular weight is 364 g/mol. The van der Waals surface area contributed by atoms with Crippen LogP contribution in [0, 0.1) is 0 Å². The summed E-state index contributed by atoms with van der Waals surface area (Å²) in [7, 11) is 0. The van der Waals surface area contributed by atoms with E-state index >= 15 is 0 Å². The van der Waals surface area contributed by atoms with Crippen LogP contribution >= 0.6 is 23.5 Å². The maximum atomic E-state index is 11.9. The highest BCUT2D eigenvalue weighted by Gasteiger charge is 2.51. The molecule has 4 rings (SSSR count). The molecule has 0 radical (unpaired) electrons. The van der Waals surface area contributed by atoms with E-state index < -0.39 is 12.0 Å². The van der Waals surface area contributed by atoms with Gasteiger partial charge in [0.2, 0.25) is 5.91 Å². The third kappa shape index (κ3) is 2.36. The van der Waals surface area contributed by atoms with Crippen LogP contribution in [0.25, 0.3) is 5.78 Å². The molecule has 124 valence electrons. The molecule has 0 aromatic carbocycles. The van der Waals surface area contributed by atoms with E-state index in [1.54, 1.807) is 16.8 Å². The molecule has 0 saturated carbocycles. The molecule has 11 heteroatoms. The zero-order chi connectivity index (χ0) is 16.8. The van der Waals surface area contributed by atoms with Crippen molar-refractivity contribution in [2.45, 2.75) is 16.4 Å². The average Bonchev–Trinajstić information content (AvgIpc) is 3.05. The fourth-order valence-corrected chi connectivity index (χ4v) is 4.92. The molecule has 0 spiro atoms. The monoisotopic (exact) mass is 364 g/mol. The Morgan fingerprint density at radius 3 is 3.17 bits per heavy atom. The Morgan fingerprint density at radius 2 is 2.38 bits per heavy atom. The Hall–Kier alpha value is -2.11. The molecule has 0 bridgehead atoms. The normalized spacial score (nSPS) is 23.4. The zero-order valence-electron chi connectivity index (χ0n) is 12.2. The van der Waals surface area contributed by atoms with E-state index in [1.165, 1.54) is 34.8 Å². The van der Waals surface area contributed by atoms with Crippen LogP contribution in [-0.4, -0.2) is 64.4 Å². The molecule has 2 atom stereocenters. The molecule has 4 heterocycles. The van der Waals surface area contributed by atoms with Gasteiger partial charge in [-0.05, 0) is 11.6 Å². The summed E-state index contributed by atoms with van der Waals surface area (Å²) in [5, 5.41) is 13.9. The smallest absolute Gasteiger partial charge is 0.352 e. The number of aromatic nitrogens is 4. The lowest BCUT2D eigenvalue weighted by Gasteiger charge is -2.48. The standard InChI is InChI=1S/C13H12N6O3S2/c14-8-10(20)19-9(12(21)22)6(4-24-11(8)19)3-23-7-1-2-18-13(17-7)15-5-16-18/h1-2,5,8,11H,3-4,14H2,(H,21,22)/t8-,11-/m1/s1. The SMILES string of the molecule is N[C@@H]1C(=O)N2C(C(=O)O)=C(CSc3ccn4ncnc4n3)CS[C@H]12. The van der Waals surface area contributed by atoms with E-state index in [4.69, 9.17) is 5.73 Å². The highest BCUT2D eigenvalue weighted by atomic mass is 32.2. The molecule has 24 heavy (non-hydrogen) atoms. The van der Waals surface area contributed by atoms with Gasteiger partial charge in [-0.1, -0.05) is 0 Å². The van der Waals surface area contributed by atoms with Crippen LogP contribution in [0.5, 0.6) is 0 Å². The number of carboxylic acid groups (broad SMARTS) is 1. The fourth-order valence-electron chi connectivity index (χ4n) is 2.63. The summed E-state index contributed by atoms with van der Waals surface area (Å²) in [4.78, 5) is 33.2. The number of fused-ring (bicyclic) bond motifs is 2. The van der Waals surface area contributed by atoms with Crippen LogP contribution in [0.15, 0.2) is 34.9 Å². The topological polar surface area (TPSA) is 127 Å². The predicted octanol–water partition coefficient (Wildman–Crippen LogP) is -0.202. The summed E-state index contributed by atoms with van der Waals surface area (Å²) in [6, 6.07) is 1.17. The number of carbonyl (C=O) groups excluding carboxylic acids is 1. The number of thioether (sulfide) groups is 2. The second-order valence-corrected chi connectivity index (χ2v) is 7.35. The van der Waals surface area contributed by atoms with Crippen molar-refractivity contribution in [1.82, 2.24) is 24.5 Å². The second-order valence-electron chi connectivity index (χ2n) is 5.25. The van der Waals surface area contributed by atoms with E-state index in [2.05, 4.69) is 15.1 Å². The molecule has 2 aromatic rings. The number of aliphatic carboxylic acids is 1. The van der Waals surface area contributed by atoms with E-state index in [1.807, 2.05) is 0 Å². The van der Waals surface area contributed by atoms with E-state index in [-0.39, 0.29) is 17.0 Å². The van der Waals surface area contributed by atoms with Crippen molar-refractivity contribution >= 4 is 41.2 Å². The first-order valence-corrected chi connectivity index (χ1v) is 9.04. The van der Waals surface area contributed by atoms with E-state index in [0.29, 0.717) is 27.9 Å². The fraction of sp³-hybridized carbons (Fsp3) is 0.308. The Morgan fingerprint density at radius 1 is 1.54 bits per heavy atom. The van der Waals surface area contributed by atoms with Gasteiger partial charge in [0, 0.05) is 17.7 Å². The Balaban J connectivity index is 1.57. The van der Waals surface area contributed by atoms with Crippen molar-refractivity contribution in [3.8, 4) is 0 Å². The summed E-state index contributed by atoms with van der Waals surface area (Å²) >= 11 is 2.89. The second kappa shape index (κ2) is 5.76. The largest absolute Gasteiger partial charge is 0.477 e. The van der Waals surface area contributed by atoms with Gasteiger partial charge in [-0.2, -0.15) is 10.1 Å². The minimum Gasteiger partial charge on any atom is -0.477 e. The number of nitrogens with two attached hydrogens (primary N) is 1. The molecule has 1 amide bonds. The summed E-state index contributed by atoms with van der Waals surface area (Å²) in [5.74, 6) is 0.00305. The molecule has 2 aromatic heterocycles. The molecule has 9 nitrogen and oxygen atoms in total. The number of carbonyl (C=O) groups is 2. The van der Waals surface area contributed by atoms with Crippen LogP contribution in [-0.2, 0) is 9.59 Å². The molecule has 2 aliphatic rings. The molecular formula is C13H12N6O3S2. The highest BCUT2D eigenvalue weighted by Crippen LogP contribution is 2.40. The number of nitrogens with zero attached hydrogens (tertiary/aromatic N) is 5. The van der Waals surface area contributed by atoms with E-state index in [0.717, 1.165) is 0 Å². The van der Waals surface area contributed by atoms with Gasteiger partial charge in [-0.25, -0.2) is 14.3 Å². The van der Waals surface area contributed by atoms with Gasteiger partial charge >= 0.3 is 5.97 Å². The van der Waals surface area contributed by atoms with Crippen LogP contribution in [0.2, 0.25) is 0 Å². The van der Waals surface area contributed by atoms with Crippen LogP contribution in [0.3, 0.4) is 0 Å². The van der Waals surface area contributed by atoms with Crippen molar-refractivity contribution in [1.29, 1.82) is 0 Å². The molecule has 1 saturated heterocycles. The maximum absolute atomic E-state index is 11.9. The van der Waals surface area contributed by atoms with Gasteiger partial charge in [0.15, 0.2) is 0 Å². The first kappa shape index (κ1) is 15.4. The summed E-state index contributed by atoms with van der Waals surface area (Å²) in [6.07, 6.45) is 3.16. The molecular weight excluding hydrogens is 352 g/mol. The minimum absolute atomic E-state index is 0.0569. The number of rotatable bonds is 4. The molecule has 0 unspecified atom stereocenters. The van der Waals surface area contributed by atoms with Crippen molar-refractivity contribution < 1.29 is 14.7 Å². The Kier molecular flexibility index (Phi) is 3.70. The summed E-state index contributed by atoms with van der Waals surface area (Å²) < 4.78 is 1.55. The van der Waals surface area contributed by atoms with E-state index in [9.17, 15) is 14.7 Å². The van der Waals surface area contributed by atoms with Gasteiger partial charge in [-0.15, -0.1) is 23.5 Å². The lowest BCUT2D eigenvalue weighted by atomic mass is 10.0. The molecule has 2 aliphatic heterocycles. The molecule has 0 aliphatic carbocycles. The molecule has 1 fully saturated rings. The number of hydrogen-bond donors (Lipinski definition) is 2. The summed E-state index contributed by atoms with van der Waals surface area (Å²) in [6.45, 7) is 0. The van der Waals surface area contributed by atoms with Crippen LogP contribution < -0.4 is 5.73 Å². The number of amides is 1. The maximum Gasteiger partial charge on any atom is 0.352 e. The first-order chi connectivity index (χ1) is 11.6. The number of hydrogen-bond acceptors (Lipinski definition) is 8. The van der Waals surface area contributed by atoms with Gasteiger partial charge < -0.3 is 10.8 Å². The van der Waals surface area contributed by atoms with Gasteiger partial charge in [0.25, 0.3) is 5.78 Å². The van der Waals surface area contributed by atoms with Crippen LogP contribution in [0.4, 0.5) is 0 Å². The third-order valence-electron chi connectivity index (χ3n) is 3.81. The van der Waals surface area contributed by atoms with Crippen molar-refractivity contribution in [2.24, 2.45) is 5.73 Å². The summed E-state index contributed by atoms with van der Waals surface area (Å²) in [5.41, 5.74) is 6.48. The lowest BCUT2D eigenvalue weighted by molar-refractivity contribution is -0.147. The Bertz CT molecular complexity index is 881. The number of carboxylic acids is 1. The highest BCUT2D eigenvalue weighted by molar-refractivity contribution is 8.01. The predicted molar refractivity (Wildman–Crippen MR) is 87.2 cm³/mol. The van der Waals surface area contributed by atoms with Crippen molar-refractivity contribution in [3.05, 3.63) is 29.9 Å². The van der Waals surface area contributed by atoms with Gasteiger partial charge in [0.1, 0.15) is 28.5 Å². The van der Waals surface area contributed by atoms with Crippen molar-refractivity contribution in [2.75, 3.05) is 11.5 Å². The first-order valence-electron chi connectivity index (χ1n) is 7.01. The molecule has 3 N–H and O–H groups in total. The van der Waals surface area contributed by atoms with Gasteiger partial charge in [-0.3, -0.25) is 9.69 Å². The van der Waals surface area contributed by atoms with Crippen molar-refractivity contribution in [3.63, 3.8) is 0 Å². The Labute approximate surface area is 144 Å². The number of β-lactam (4-membered cyclic amide) rings is 1. The van der Waals surface area contributed by atoms with Gasteiger partial charge in [0.05, 0.1) is 0 Å². The lowest BCUT2D eigenvalue weighted by Crippen LogP contribution is -2.68. The quantitative estimate of drug-likeness (QED) is 0.430. The van der Waals surface area contributed by atoms with Crippen LogP contribution in [0.1, 0.15) is 0 Å².